The molecule has 0 saturated carbocycles. The maximum Gasteiger partial charge on any atom is 0.245 e. The van der Waals surface area contributed by atoms with Gasteiger partial charge in [-0.15, -0.1) is 10.2 Å². The van der Waals surface area contributed by atoms with Gasteiger partial charge in [-0.1, -0.05) is 23.9 Å². The van der Waals surface area contributed by atoms with Crippen molar-refractivity contribution in [3.63, 3.8) is 0 Å². The fourth-order valence-corrected chi connectivity index (χ4v) is 3.28. The Bertz CT molecular complexity index is 688. The van der Waals surface area contributed by atoms with Crippen molar-refractivity contribution in [2.45, 2.75) is 25.2 Å². The fraction of sp³-hybridized carbons (Fsp3) is 0.412. The van der Waals surface area contributed by atoms with Crippen LogP contribution in [0.2, 0.25) is 0 Å². The number of benzene rings is 1. The summed E-state index contributed by atoms with van der Waals surface area (Å²) in [5.41, 5.74) is 0.758. The minimum absolute atomic E-state index is 0.0385. The number of nitrogens with one attached hydrogen (secondary N) is 1. The number of hydrogen-bond acceptors (Lipinski definition) is 5. The quantitative estimate of drug-likeness (QED) is 0.845. The van der Waals surface area contributed by atoms with Gasteiger partial charge in [-0.25, -0.2) is 0 Å². The minimum Gasteiger partial charge on any atom is -0.494 e. The topological polar surface area (TPSA) is 84.0 Å². The van der Waals surface area contributed by atoms with Crippen LogP contribution in [0.4, 0.5) is 0 Å². The number of H-pyrrole nitrogens is 1. The number of ether oxygens (including phenoxy) is 1. The lowest BCUT2D eigenvalue weighted by molar-refractivity contribution is -0.127. The molecule has 2 heterocycles. The number of aromatic amines is 1. The predicted octanol–water partition coefficient (Wildman–Crippen LogP) is 1.69. The second-order valence-electron chi connectivity index (χ2n) is 5.80. The molecule has 1 saturated heterocycles. The van der Waals surface area contributed by atoms with Crippen molar-refractivity contribution in [1.29, 1.82) is 0 Å². The van der Waals surface area contributed by atoms with Crippen molar-refractivity contribution in [3.8, 4) is 5.75 Å². The molecule has 0 spiro atoms. The number of piperidine rings is 1. The van der Waals surface area contributed by atoms with Gasteiger partial charge in [0.25, 0.3) is 0 Å². The zero-order valence-electron chi connectivity index (χ0n) is 13.7. The molecule has 126 valence electrons. The summed E-state index contributed by atoms with van der Waals surface area (Å²) in [4.78, 5) is 13.7. The number of likely N-dealkylation sites (tertiary alicyclic amines) is 1. The molecule has 3 rings (SSSR count). The van der Waals surface area contributed by atoms with Gasteiger partial charge in [0.1, 0.15) is 5.75 Å². The molecule has 1 fully saturated rings. The van der Waals surface area contributed by atoms with Crippen molar-refractivity contribution in [1.82, 2.24) is 25.5 Å². The van der Waals surface area contributed by atoms with Crippen molar-refractivity contribution in [2.75, 3.05) is 19.7 Å². The highest BCUT2D eigenvalue weighted by Crippen LogP contribution is 2.40. The maximum atomic E-state index is 11.9. The smallest absolute Gasteiger partial charge is 0.245 e. The molecule has 24 heavy (non-hydrogen) atoms. The summed E-state index contributed by atoms with van der Waals surface area (Å²) in [7, 11) is 0. The summed E-state index contributed by atoms with van der Waals surface area (Å²) >= 11 is 0. The molecule has 0 aliphatic carbocycles. The first-order valence-corrected chi connectivity index (χ1v) is 8.08. The molecule has 7 heteroatoms. The van der Waals surface area contributed by atoms with E-state index in [-0.39, 0.29) is 11.3 Å². The van der Waals surface area contributed by atoms with Crippen molar-refractivity contribution in [2.24, 2.45) is 0 Å². The first-order chi connectivity index (χ1) is 11.7. The average molecular weight is 327 g/mol. The number of tetrazole rings is 1. The predicted molar refractivity (Wildman–Crippen MR) is 88.6 cm³/mol. The van der Waals surface area contributed by atoms with Gasteiger partial charge in [0, 0.05) is 13.1 Å². The van der Waals surface area contributed by atoms with Crippen LogP contribution in [0.1, 0.15) is 31.2 Å². The van der Waals surface area contributed by atoms with Crippen LogP contribution in [0.3, 0.4) is 0 Å². The van der Waals surface area contributed by atoms with Gasteiger partial charge in [0.15, 0.2) is 5.82 Å². The van der Waals surface area contributed by atoms with Gasteiger partial charge in [0.05, 0.1) is 12.0 Å². The number of carbonyl (C=O) groups is 1. The summed E-state index contributed by atoms with van der Waals surface area (Å²) in [6.07, 6.45) is 2.83. The third kappa shape index (κ3) is 2.89. The molecule has 0 radical (unpaired) electrons. The second kappa shape index (κ2) is 6.82. The van der Waals surface area contributed by atoms with Gasteiger partial charge < -0.3 is 9.64 Å². The molecular weight excluding hydrogens is 306 g/mol. The van der Waals surface area contributed by atoms with Gasteiger partial charge in [-0.2, -0.15) is 5.21 Å². The largest absolute Gasteiger partial charge is 0.494 e. The highest BCUT2D eigenvalue weighted by Gasteiger charge is 2.42. The number of nitrogens with zero attached hydrogens (tertiary/aromatic N) is 4. The highest BCUT2D eigenvalue weighted by molar-refractivity contribution is 5.87. The second-order valence-corrected chi connectivity index (χ2v) is 5.80. The third-order valence-corrected chi connectivity index (χ3v) is 4.59. The Balaban J connectivity index is 1.91. The Kier molecular flexibility index (Phi) is 4.59. The van der Waals surface area contributed by atoms with Crippen LogP contribution in [0.25, 0.3) is 0 Å². The van der Waals surface area contributed by atoms with Crippen molar-refractivity contribution in [3.05, 3.63) is 48.3 Å². The summed E-state index contributed by atoms with van der Waals surface area (Å²) in [5, 5.41) is 14.7. The number of amides is 1. The molecule has 0 atom stereocenters. The normalized spacial score (nSPS) is 16.6. The molecule has 1 aliphatic rings. The molecule has 0 bridgehead atoms. The van der Waals surface area contributed by atoms with Gasteiger partial charge >= 0.3 is 0 Å². The van der Waals surface area contributed by atoms with Crippen LogP contribution in [0.15, 0.2) is 36.9 Å². The monoisotopic (exact) mass is 327 g/mol. The van der Waals surface area contributed by atoms with Gasteiger partial charge in [-0.3, -0.25) is 4.79 Å². The lowest BCUT2D eigenvalue weighted by Crippen LogP contribution is -2.45. The zero-order chi connectivity index (χ0) is 17.0. The average Bonchev–Trinajstić information content (AvgIpc) is 3.17. The SMILES string of the molecule is C=CC(=O)N1CCC(c2ccc(OCC)cc2)(c2nn[nH]n2)CC1. The Morgan fingerprint density at radius 3 is 2.62 bits per heavy atom. The summed E-state index contributed by atoms with van der Waals surface area (Å²) in [6.45, 7) is 7.42. The number of rotatable bonds is 5. The van der Waals surface area contributed by atoms with Crippen LogP contribution in [-0.2, 0) is 10.2 Å². The van der Waals surface area contributed by atoms with Crippen LogP contribution in [-0.4, -0.2) is 51.1 Å². The Morgan fingerprint density at radius 2 is 2.08 bits per heavy atom. The first-order valence-electron chi connectivity index (χ1n) is 8.08. The molecule has 2 aromatic rings. The van der Waals surface area contributed by atoms with Gasteiger partial charge in [-0.05, 0) is 43.5 Å². The summed E-state index contributed by atoms with van der Waals surface area (Å²) in [6, 6.07) is 8.02. The lowest BCUT2D eigenvalue weighted by Gasteiger charge is -2.40. The highest BCUT2D eigenvalue weighted by atomic mass is 16.5. The molecule has 1 aromatic carbocycles. The summed E-state index contributed by atoms with van der Waals surface area (Å²) < 4.78 is 5.52. The molecule has 7 nitrogen and oxygen atoms in total. The minimum atomic E-state index is -0.351. The Hall–Kier alpha value is -2.70. The number of hydrogen-bond donors (Lipinski definition) is 1. The van der Waals surface area contributed by atoms with E-state index in [0.717, 1.165) is 24.2 Å². The maximum absolute atomic E-state index is 11.9. The molecule has 0 unspecified atom stereocenters. The lowest BCUT2D eigenvalue weighted by atomic mass is 9.72. The van der Waals surface area contributed by atoms with Crippen LogP contribution < -0.4 is 4.74 Å². The Labute approximate surface area is 140 Å². The van der Waals surface area contributed by atoms with E-state index in [0.29, 0.717) is 25.5 Å². The van der Waals surface area contributed by atoms with Crippen molar-refractivity contribution < 1.29 is 9.53 Å². The first kappa shape index (κ1) is 16.2. The number of carbonyl (C=O) groups excluding carboxylic acids is 1. The van der Waals surface area contributed by atoms with E-state index in [1.165, 1.54) is 6.08 Å². The standard InChI is InChI=1S/C17H21N5O2/c1-3-15(23)22-11-9-17(10-12-22,16-18-20-21-19-16)13-5-7-14(8-6-13)24-4-2/h3,5-8H,1,4,9-12H2,2H3,(H,18,19,20,21). The molecular formula is C17H21N5O2. The Morgan fingerprint density at radius 1 is 1.38 bits per heavy atom. The van der Waals surface area contributed by atoms with E-state index in [2.05, 4.69) is 27.2 Å². The zero-order valence-corrected chi connectivity index (χ0v) is 13.7. The van der Waals surface area contributed by atoms with Crippen LogP contribution in [0, 0.1) is 0 Å². The summed E-state index contributed by atoms with van der Waals surface area (Å²) in [5.74, 6) is 1.46. The molecule has 1 N–H and O–H groups in total. The fourth-order valence-electron chi connectivity index (χ4n) is 3.28. The van der Waals surface area contributed by atoms with Gasteiger partial charge in [0.2, 0.25) is 5.91 Å². The van der Waals surface area contributed by atoms with E-state index < -0.39 is 0 Å². The van der Waals surface area contributed by atoms with Crippen LogP contribution >= 0.6 is 0 Å². The van der Waals surface area contributed by atoms with E-state index in [4.69, 9.17) is 4.74 Å². The molecule has 1 aromatic heterocycles. The van der Waals surface area contributed by atoms with E-state index in [1.54, 1.807) is 4.90 Å². The third-order valence-electron chi connectivity index (χ3n) is 4.59. The molecule has 1 aliphatic heterocycles. The number of aromatic nitrogens is 4. The van der Waals surface area contributed by atoms with E-state index in [1.807, 2.05) is 31.2 Å². The van der Waals surface area contributed by atoms with E-state index in [9.17, 15) is 4.79 Å². The van der Waals surface area contributed by atoms with Crippen molar-refractivity contribution >= 4 is 5.91 Å². The van der Waals surface area contributed by atoms with E-state index >= 15 is 0 Å². The molecule has 1 amide bonds. The van der Waals surface area contributed by atoms with Crippen LogP contribution in [0.5, 0.6) is 5.75 Å².